The van der Waals surface area contributed by atoms with Crippen molar-refractivity contribution in [2.75, 3.05) is 14.2 Å². The molecule has 128 valence electrons. The summed E-state index contributed by atoms with van der Waals surface area (Å²) in [6.45, 7) is 0. The summed E-state index contributed by atoms with van der Waals surface area (Å²) in [4.78, 5) is 0. The highest BCUT2D eigenvalue weighted by molar-refractivity contribution is 5.56. The van der Waals surface area contributed by atoms with E-state index in [2.05, 4.69) is 0 Å². The van der Waals surface area contributed by atoms with Gasteiger partial charge in [0.05, 0.1) is 14.2 Å². The largest absolute Gasteiger partial charge is 0.504 e. The van der Waals surface area contributed by atoms with Crippen LogP contribution in [0.3, 0.4) is 0 Å². The normalized spacial score (nSPS) is 10.2. The van der Waals surface area contributed by atoms with Gasteiger partial charge in [0.2, 0.25) is 5.75 Å². The van der Waals surface area contributed by atoms with Crippen LogP contribution in [0, 0.1) is 0 Å². The van der Waals surface area contributed by atoms with E-state index >= 15 is 0 Å². The van der Waals surface area contributed by atoms with Crippen LogP contribution in [0.2, 0.25) is 0 Å². The van der Waals surface area contributed by atoms with Crippen LogP contribution < -0.4 is 18.9 Å². The van der Waals surface area contributed by atoms with Gasteiger partial charge in [-0.25, -0.2) is 0 Å². The van der Waals surface area contributed by atoms with E-state index in [4.69, 9.17) is 18.9 Å². The van der Waals surface area contributed by atoms with Crippen LogP contribution in [0.1, 0.15) is 0 Å². The molecular weight excluding hydrogens is 320 g/mol. The molecule has 0 fully saturated rings. The van der Waals surface area contributed by atoms with Gasteiger partial charge < -0.3 is 24.1 Å². The maximum Gasteiger partial charge on any atom is 0.211 e. The molecule has 0 atom stereocenters. The maximum atomic E-state index is 10.2. The summed E-state index contributed by atoms with van der Waals surface area (Å²) in [7, 11) is 3.12. The Kier molecular flexibility index (Phi) is 4.95. The van der Waals surface area contributed by atoms with Crippen LogP contribution in [0.15, 0.2) is 66.7 Å². The van der Waals surface area contributed by atoms with Crippen molar-refractivity contribution >= 4 is 0 Å². The Bertz CT molecular complexity index is 860. The Morgan fingerprint density at radius 3 is 1.60 bits per heavy atom. The van der Waals surface area contributed by atoms with Gasteiger partial charge in [0.15, 0.2) is 34.5 Å². The molecule has 0 bridgehead atoms. The van der Waals surface area contributed by atoms with Gasteiger partial charge in [-0.2, -0.15) is 0 Å². The SMILES string of the molecule is COc1ccccc1Oc1cccc(O)c1Oc1ccccc1OC. The second kappa shape index (κ2) is 7.49. The molecule has 0 aliphatic carbocycles. The van der Waals surface area contributed by atoms with Gasteiger partial charge >= 0.3 is 0 Å². The van der Waals surface area contributed by atoms with Gasteiger partial charge in [-0.15, -0.1) is 0 Å². The molecule has 3 aromatic rings. The van der Waals surface area contributed by atoms with E-state index in [1.807, 2.05) is 24.3 Å². The Morgan fingerprint density at radius 2 is 1.04 bits per heavy atom. The third kappa shape index (κ3) is 3.61. The summed E-state index contributed by atoms with van der Waals surface area (Å²) in [5.74, 6) is 2.62. The number of aromatic hydroxyl groups is 1. The number of benzene rings is 3. The highest BCUT2D eigenvalue weighted by Crippen LogP contribution is 2.44. The zero-order valence-corrected chi connectivity index (χ0v) is 13.9. The minimum atomic E-state index is -0.0432. The second-order valence-electron chi connectivity index (χ2n) is 5.11. The van der Waals surface area contributed by atoms with Crippen LogP contribution in [0.25, 0.3) is 0 Å². The predicted octanol–water partition coefficient (Wildman–Crippen LogP) is 4.99. The Hall–Kier alpha value is -3.34. The minimum absolute atomic E-state index is 0.0432. The van der Waals surface area contributed by atoms with Gasteiger partial charge in [0.1, 0.15) is 0 Å². The molecule has 3 rings (SSSR count). The molecule has 0 saturated carbocycles. The summed E-state index contributed by atoms with van der Waals surface area (Å²) in [5, 5.41) is 10.2. The molecule has 1 N–H and O–H groups in total. The van der Waals surface area contributed by atoms with Crippen LogP contribution in [0.5, 0.6) is 40.2 Å². The van der Waals surface area contributed by atoms with Gasteiger partial charge in [0.25, 0.3) is 0 Å². The lowest BCUT2D eigenvalue weighted by Gasteiger charge is -2.16. The van der Waals surface area contributed by atoms with E-state index in [1.165, 1.54) is 6.07 Å². The molecule has 0 aliphatic rings. The Morgan fingerprint density at radius 1 is 0.560 bits per heavy atom. The number of hydrogen-bond donors (Lipinski definition) is 1. The molecular formula is C20H18O5. The van der Waals surface area contributed by atoms with Gasteiger partial charge in [0, 0.05) is 0 Å². The highest BCUT2D eigenvalue weighted by Gasteiger charge is 2.16. The molecule has 0 amide bonds. The number of phenols is 1. The maximum absolute atomic E-state index is 10.2. The summed E-state index contributed by atoms with van der Waals surface area (Å²) < 4.78 is 22.4. The summed E-state index contributed by atoms with van der Waals surface area (Å²) in [5.41, 5.74) is 0. The summed E-state index contributed by atoms with van der Waals surface area (Å²) in [6.07, 6.45) is 0. The monoisotopic (exact) mass is 338 g/mol. The predicted molar refractivity (Wildman–Crippen MR) is 94.2 cm³/mol. The standard InChI is InChI=1S/C20H18O5/c1-22-15-9-3-5-11-17(15)24-19-13-7-8-14(21)20(19)25-18-12-6-4-10-16(18)23-2/h3-13,21H,1-2H3. The first-order valence-corrected chi connectivity index (χ1v) is 7.66. The molecule has 5 nitrogen and oxygen atoms in total. The van der Waals surface area contributed by atoms with Crippen LogP contribution in [0.4, 0.5) is 0 Å². The zero-order chi connectivity index (χ0) is 17.6. The van der Waals surface area contributed by atoms with E-state index in [9.17, 15) is 5.11 Å². The molecule has 25 heavy (non-hydrogen) atoms. The number of phenolic OH excluding ortho intramolecular Hbond substituents is 1. The third-order valence-electron chi connectivity index (χ3n) is 3.53. The van der Waals surface area contributed by atoms with Gasteiger partial charge in [-0.1, -0.05) is 30.3 Å². The number of rotatable bonds is 6. The molecule has 0 unspecified atom stereocenters. The van der Waals surface area contributed by atoms with E-state index in [1.54, 1.807) is 50.6 Å². The lowest BCUT2D eigenvalue weighted by Crippen LogP contribution is -1.94. The lowest BCUT2D eigenvalue weighted by atomic mass is 10.2. The molecule has 0 heterocycles. The third-order valence-corrected chi connectivity index (χ3v) is 3.53. The molecule has 5 heteroatoms. The minimum Gasteiger partial charge on any atom is -0.504 e. The van der Waals surface area contributed by atoms with Crippen molar-refractivity contribution in [2.24, 2.45) is 0 Å². The number of ether oxygens (including phenoxy) is 4. The smallest absolute Gasteiger partial charge is 0.211 e. The topological polar surface area (TPSA) is 57.2 Å². The number of hydrogen-bond acceptors (Lipinski definition) is 5. The van der Waals surface area contributed by atoms with Gasteiger partial charge in [-0.3, -0.25) is 0 Å². The fourth-order valence-corrected chi connectivity index (χ4v) is 2.32. The van der Waals surface area contributed by atoms with Crippen LogP contribution in [-0.4, -0.2) is 19.3 Å². The quantitative estimate of drug-likeness (QED) is 0.686. The van der Waals surface area contributed by atoms with Crippen molar-refractivity contribution in [3.63, 3.8) is 0 Å². The average molecular weight is 338 g/mol. The summed E-state index contributed by atoms with van der Waals surface area (Å²) in [6, 6.07) is 19.3. The molecule has 0 spiro atoms. The van der Waals surface area contributed by atoms with Crippen LogP contribution >= 0.6 is 0 Å². The van der Waals surface area contributed by atoms with E-state index in [-0.39, 0.29) is 11.5 Å². The first-order chi connectivity index (χ1) is 12.2. The van der Waals surface area contributed by atoms with Crippen molar-refractivity contribution in [3.8, 4) is 40.2 Å². The fraction of sp³-hybridized carbons (Fsp3) is 0.100. The van der Waals surface area contributed by atoms with Crippen molar-refractivity contribution in [1.82, 2.24) is 0 Å². The van der Waals surface area contributed by atoms with Crippen molar-refractivity contribution < 1.29 is 24.1 Å². The molecule has 0 aromatic heterocycles. The van der Waals surface area contributed by atoms with Crippen molar-refractivity contribution in [1.29, 1.82) is 0 Å². The number of para-hydroxylation sites is 5. The zero-order valence-electron chi connectivity index (χ0n) is 13.9. The van der Waals surface area contributed by atoms with Gasteiger partial charge in [-0.05, 0) is 36.4 Å². The van der Waals surface area contributed by atoms with E-state index in [0.717, 1.165) is 0 Å². The molecule has 3 aromatic carbocycles. The van der Waals surface area contributed by atoms with E-state index in [0.29, 0.717) is 28.7 Å². The molecule has 0 saturated heterocycles. The average Bonchev–Trinajstić information content (AvgIpc) is 2.65. The van der Waals surface area contributed by atoms with Crippen LogP contribution in [-0.2, 0) is 0 Å². The first kappa shape index (κ1) is 16.5. The highest BCUT2D eigenvalue weighted by atomic mass is 16.6. The van der Waals surface area contributed by atoms with Crippen molar-refractivity contribution in [2.45, 2.75) is 0 Å². The molecule has 0 aliphatic heterocycles. The molecule has 0 radical (unpaired) electrons. The Labute approximate surface area is 146 Å². The van der Waals surface area contributed by atoms with E-state index < -0.39 is 0 Å². The van der Waals surface area contributed by atoms with Crippen molar-refractivity contribution in [3.05, 3.63) is 66.7 Å². The summed E-state index contributed by atoms with van der Waals surface area (Å²) >= 11 is 0. The lowest BCUT2D eigenvalue weighted by molar-refractivity contribution is 0.344. The Balaban J connectivity index is 1.98. The second-order valence-corrected chi connectivity index (χ2v) is 5.11. The fourth-order valence-electron chi connectivity index (χ4n) is 2.32. The number of methoxy groups -OCH3 is 2. The first-order valence-electron chi connectivity index (χ1n) is 7.66.